The van der Waals surface area contributed by atoms with E-state index in [1.165, 1.54) is 6.20 Å². The Balaban J connectivity index is 0.00000304. The molecule has 0 radical (unpaired) electrons. The smallest absolute Gasteiger partial charge is 0.293 e. The van der Waals surface area contributed by atoms with Crippen LogP contribution in [0.4, 0.5) is 5.82 Å². The molecule has 5 N–H and O–H groups in total. The van der Waals surface area contributed by atoms with E-state index >= 15 is 0 Å². The Hall–Kier alpha value is -5.16. The summed E-state index contributed by atoms with van der Waals surface area (Å²) in [6, 6.07) is 18.2. The Labute approximate surface area is 206 Å². The predicted molar refractivity (Wildman–Crippen MR) is 141 cm³/mol. The van der Waals surface area contributed by atoms with Crippen LogP contribution in [0.1, 0.15) is 18.7 Å². The minimum Gasteiger partial charge on any atom is -0.508 e. The second kappa shape index (κ2) is 9.99. The van der Waals surface area contributed by atoms with Crippen LogP contribution in [0, 0.1) is 11.8 Å². The van der Waals surface area contributed by atoms with Crippen LogP contribution in [0.5, 0.6) is 5.75 Å². The molecule has 8 nitrogen and oxygen atoms in total. The number of primary amides is 1. The Kier molecular flexibility index (Phi) is 6.66. The number of pyridine rings is 3. The number of fused-ring (bicyclic) bond motifs is 3. The summed E-state index contributed by atoms with van der Waals surface area (Å²) in [6.07, 6.45) is 3.13. The van der Waals surface area contributed by atoms with Gasteiger partial charge >= 0.3 is 0 Å². The lowest BCUT2D eigenvalue weighted by molar-refractivity contribution is -0.112. The summed E-state index contributed by atoms with van der Waals surface area (Å²) in [5.41, 5.74) is 7.98. The van der Waals surface area contributed by atoms with Crippen molar-refractivity contribution in [3.63, 3.8) is 0 Å². The van der Waals surface area contributed by atoms with Crippen LogP contribution in [-0.2, 0) is 11.3 Å². The van der Waals surface area contributed by atoms with Gasteiger partial charge in [0, 0.05) is 29.1 Å². The molecule has 0 bridgehead atoms. The molecule has 5 rings (SSSR count). The molecule has 0 saturated heterocycles. The van der Waals surface area contributed by atoms with Gasteiger partial charge in [0.15, 0.2) is 0 Å². The quantitative estimate of drug-likeness (QED) is 0.229. The number of nitrogens with zero attached hydrogens (tertiary/aromatic N) is 2. The van der Waals surface area contributed by atoms with Crippen LogP contribution in [-0.4, -0.2) is 26.0 Å². The normalized spacial score (nSPS) is 10.3. The largest absolute Gasteiger partial charge is 0.508 e. The Morgan fingerprint density at radius 3 is 2.64 bits per heavy atom. The zero-order chi connectivity index (χ0) is 24.4. The Morgan fingerprint density at radius 2 is 1.89 bits per heavy atom. The molecule has 3 heterocycles. The number of nitrogens with one attached hydrogen (secondary N) is 2. The first-order valence-electron chi connectivity index (χ1n) is 10.7. The number of hydrogen-bond acceptors (Lipinski definition) is 6. The second-order valence-corrected chi connectivity index (χ2v) is 7.82. The number of hydrogen-bond donors (Lipinski definition) is 4. The van der Waals surface area contributed by atoms with E-state index in [0.717, 1.165) is 22.2 Å². The highest BCUT2D eigenvalue weighted by Gasteiger charge is 2.15. The van der Waals surface area contributed by atoms with E-state index in [1.807, 2.05) is 42.5 Å². The zero-order valence-corrected chi connectivity index (χ0v) is 18.4. The van der Waals surface area contributed by atoms with Gasteiger partial charge in [0.1, 0.15) is 11.6 Å². The summed E-state index contributed by atoms with van der Waals surface area (Å²) in [5, 5.41) is 14.9. The van der Waals surface area contributed by atoms with Crippen molar-refractivity contribution in [1.29, 1.82) is 0 Å². The monoisotopic (exact) mass is 477 g/mol. The molecule has 8 heteroatoms. The van der Waals surface area contributed by atoms with Crippen LogP contribution in [0.2, 0.25) is 0 Å². The lowest BCUT2D eigenvalue weighted by Gasteiger charge is -2.13. The Bertz CT molecular complexity index is 1720. The van der Waals surface area contributed by atoms with Gasteiger partial charge in [0.05, 0.1) is 28.7 Å². The SMILES string of the molecule is C.NC(=O)C#Cc1c[nH]c(=O)c2c1nc(NCc1ccccn1)c1ccc(-c3cccc(O)c3)cc12. The molecule has 0 saturated carbocycles. The third-order valence-electron chi connectivity index (χ3n) is 5.50. The summed E-state index contributed by atoms with van der Waals surface area (Å²) in [4.78, 5) is 36.0. The predicted octanol–water partition coefficient (Wildman–Crippen LogP) is 3.93. The van der Waals surface area contributed by atoms with Gasteiger partial charge < -0.3 is 21.1 Å². The summed E-state index contributed by atoms with van der Waals surface area (Å²) in [5.74, 6) is 4.90. The van der Waals surface area contributed by atoms with Crippen LogP contribution in [0.15, 0.2) is 77.9 Å². The van der Waals surface area contributed by atoms with Crippen molar-refractivity contribution < 1.29 is 9.90 Å². The van der Waals surface area contributed by atoms with E-state index in [1.54, 1.807) is 24.4 Å². The number of phenols is 1. The molecule has 36 heavy (non-hydrogen) atoms. The van der Waals surface area contributed by atoms with Gasteiger partial charge in [-0.3, -0.25) is 14.6 Å². The first-order chi connectivity index (χ1) is 17.0. The average molecular weight is 478 g/mol. The molecule has 0 atom stereocenters. The van der Waals surface area contributed by atoms with Crippen LogP contribution in [0.3, 0.4) is 0 Å². The van der Waals surface area contributed by atoms with Crippen LogP contribution in [0.25, 0.3) is 32.8 Å². The molecular formula is C28H23N5O3. The van der Waals surface area contributed by atoms with E-state index in [2.05, 4.69) is 27.1 Å². The molecule has 0 fully saturated rings. The Morgan fingerprint density at radius 1 is 1.06 bits per heavy atom. The summed E-state index contributed by atoms with van der Waals surface area (Å²) >= 11 is 0. The third-order valence-corrected chi connectivity index (χ3v) is 5.50. The van der Waals surface area contributed by atoms with Gasteiger partial charge in [-0.1, -0.05) is 43.7 Å². The number of aromatic hydroxyl groups is 1. The highest BCUT2D eigenvalue weighted by molar-refractivity contribution is 6.12. The van der Waals surface area contributed by atoms with Crippen molar-refractivity contribution in [1.82, 2.24) is 15.0 Å². The molecule has 3 aromatic heterocycles. The maximum absolute atomic E-state index is 13.0. The number of nitrogens with two attached hydrogens (primary N) is 1. The maximum Gasteiger partial charge on any atom is 0.293 e. The van der Waals surface area contributed by atoms with Gasteiger partial charge in [0.25, 0.3) is 11.5 Å². The maximum atomic E-state index is 13.0. The molecule has 0 spiro atoms. The molecule has 0 unspecified atom stereocenters. The van der Waals surface area contributed by atoms with Gasteiger partial charge in [0.2, 0.25) is 0 Å². The van der Waals surface area contributed by atoms with Crippen molar-refractivity contribution in [3.8, 4) is 28.7 Å². The number of carbonyl (C=O) groups is 1. The topological polar surface area (TPSA) is 134 Å². The van der Waals surface area contributed by atoms with Gasteiger partial charge in [-0.05, 0) is 41.5 Å². The second-order valence-electron chi connectivity index (χ2n) is 7.82. The average Bonchev–Trinajstić information content (AvgIpc) is 2.87. The highest BCUT2D eigenvalue weighted by Crippen LogP contribution is 2.33. The molecule has 0 aliphatic rings. The van der Waals surface area contributed by atoms with E-state index in [-0.39, 0.29) is 18.7 Å². The van der Waals surface area contributed by atoms with Crippen molar-refractivity contribution >= 4 is 33.4 Å². The number of carbonyl (C=O) groups excluding carboxylic acids is 1. The van der Waals surface area contributed by atoms with Gasteiger partial charge in [-0.15, -0.1) is 0 Å². The molecule has 0 aliphatic carbocycles. The molecule has 1 amide bonds. The van der Waals surface area contributed by atoms with Crippen molar-refractivity contribution in [2.24, 2.45) is 5.73 Å². The first kappa shape index (κ1) is 24.0. The fraction of sp³-hybridized carbons (Fsp3) is 0.0714. The first-order valence-corrected chi connectivity index (χ1v) is 10.7. The molecule has 2 aromatic carbocycles. The number of aromatic amines is 1. The summed E-state index contributed by atoms with van der Waals surface area (Å²) < 4.78 is 0. The van der Waals surface area contributed by atoms with Crippen molar-refractivity contribution in [2.75, 3.05) is 5.32 Å². The number of benzene rings is 2. The number of amides is 1. The number of H-pyrrole nitrogens is 1. The van der Waals surface area contributed by atoms with Crippen LogP contribution >= 0.6 is 0 Å². The van der Waals surface area contributed by atoms with E-state index in [9.17, 15) is 14.7 Å². The fourth-order valence-corrected chi connectivity index (χ4v) is 3.92. The minimum atomic E-state index is -0.787. The van der Waals surface area contributed by atoms with Crippen molar-refractivity contribution in [2.45, 2.75) is 14.0 Å². The standard InChI is InChI=1S/C27H19N5O3.CH4/c28-23(34)10-8-18-14-31-27(35)24-22-13-17(16-4-3-6-20(33)12-16)7-9-21(22)26(32-25(18)24)30-15-19-5-1-2-11-29-19;/h1-7,9,11-14,33H,15H2,(H2,28,34)(H,30,32)(H,31,35);1H4. The molecule has 0 aliphatic heterocycles. The number of rotatable bonds is 4. The number of aromatic nitrogens is 3. The molecule has 178 valence electrons. The lowest BCUT2D eigenvalue weighted by Crippen LogP contribution is -2.11. The fourth-order valence-electron chi connectivity index (χ4n) is 3.92. The molecule has 5 aromatic rings. The molecular weight excluding hydrogens is 454 g/mol. The van der Waals surface area contributed by atoms with E-state index < -0.39 is 5.91 Å². The van der Waals surface area contributed by atoms with Crippen LogP contribution < -0.4 is 16.6 Å². The van der Waals surface area contributed by atoms with E-state index in [0.29, 0.717) is 34.2 Å². The third kappa shape index (κ3) is 4.72. The summed E-state index contributed by atoms with van der Waals surface area (Å²) in [7, 11) is 0. The van der Waals surface area contributed by atoms with E-state index in [4.69, 9.17) is 10.7 Å². The number of anilines is 1. The zero-order valence-electron chi connectivity index (χ0n) is 18.4. The van der Waals surface area contributed by atoms with Crippen molar-refractivity contribution in [3.05, 3.63) is 94.7 Å². The lowest BCUT2D eigenvalue weighted by atomic mass is 9.98. The summed E-state index contributed by atoms with van der Waals surface area (Å²) in [6.45, 7) is 0.411. The highest BCUT2D eigenvalue weighted by atomic mass is 16.3. The number of phenolic OH excluding ortho intramolecular Hbond substituents is 1. The minimum absolute atomic E-state index is 0. The van der Waals surface area contributed by atoms with Gasteiger partial charge in [-0.25, -0.2) is 4.98 Å². The van der Waals surface area contributed by atoms with Gasteiger partial charge in [-0.2, -0.15) is 0 Å².